The second kappa shape index (κ2) is 5.29. The maximum Gasteiger partial charge on any atom is 0.254 e. The largest absolute Gasteiger partial charge is 0.393 e. The molecule has 1 fully saturated rings. The minimum Gasteiger partial charge on any atom is -0.393 e. The fraction of sp³-hybridized carbons (Fsp3) is 0.438. The highest BCUT2D eigenvalue weighted by molar-refractivity contribution is 6.06. The van der Waals surface area contributed by atoms with E-state index >= 15 is 0 Å². The van der Waals surface area contributed by atoms with Gasteiger partial charge in [-0.3, -0.25) is 4.79 Å². The van der Waals surface area contributed by atoms with E-state index in [0.29, 0.717) is 6.42 Å². The van der Waals surface area contributed by atoms with E-state index in [9.17, 15) is 9.90 Å². The Kier molecular flexibility index (Phi) is 3.49. The Hall–Kier alpha value is -1.81. The molecule has 1 aliphatic rings. The van der Waals surface area contributed by atoms with E-state index in [1.165, 1.54) is 0 Å². The SMILES string of the molecule is CC(O)CC1CCCN1C(=O)c1cccc2[nH]ccc12. The number of rotatable bonds is 3. The summed E-state index contributed by atoms with van der Waals surface area (Å²) in [6.45, 7) is 2.57. The molecule has 2 N–H and O–H groups in total. The monoisotopic (exact) mass is 272 g/mol. The average molecular weight is 272 g/mol. The first kappa shape index (κ1) is 13.2. The van der Waals surface area contributed by atoms with Crippen LogP contribution in [0.1, 0.15) is 36.5 Å². The number of hydrogen-bond acceptors (Lipinski definition) is 2. The fourth-order valence-corrected chi connectivity index (χ4v) is 3.17. The molecule has 1 aliphatic heterocycles. The first-order chi connectivity index (χ1) is 9.66. The van der Waals surface area contributed by atoms with Crippen LogP contribution in [0.15, 0.2) is 30.5 Å². The Labute approximate surface area is 118 Å². The van der Waals surface area contributed by atoms with Crippen molar-refractivity contribution in [2.45, 2.75) is 38.3 Å². The standard InChI is InChI=1S/C16H20N2O2/c1-11(19)10-12-4-3-9-18(12)16(20)14-5-2-6-15-13(14)7-8-17-15/h2,5-8,11-12,17,19H,3-4,9-10H2,1H3. The number of carbonyl (C=O) groups excluding carboxylic acids is 1. The third kappa shape index (κ3) is 2.31. The molecule has 3 rings (SSSR count). The number of nitrogens with one attached hydrogen (secondary N) is 1. The van der Waals surface area contributed by atoms with Crippen molar-refractivity contribution in [1.82, 2.24) is 9.88 Å². The molecule has 4 heteroatoms. The summed E-state index contributed by atoms with van der Waals surface area (Å²) < 4.78 is 0. The number of aromatic nitrogens is 1. The number of benzene rings is 1. The van der Waals surface area contributed by atoms with Crippen LogP contribution in [0.4, 0.5) is 0 Å². The van der Waals surface area contributed by atoms with Gasteiger partial charge in [0.25, 0.3) is 5.91 Å². The van der Waals surface area contributed by atoms with E-state index in [1.807, 2.05) is 35.4 Å². The molecular weight excluding hydrogens is 252 g/mol. The van der Waals surface area contributed by atoms with E-state index in [2.05, 4.69) is 4.98 Å². The van der Waals surface area contributed by atoms with Crippen molar-refractivity contribution in [2.75, 3.05) is 6.54 Å². The Morgan fingerprint density at radius 2 is 2.35 bits per heavy atom. The summed E-state index contributed by atoms with van der Waals surface area (Å²) in [6, 6.07) is 7.88. The van der Waals surface area contributed by atoms with Crippen molar-refractivity contribution in [3.8, 4) is 0 Å². The average Bonchev–Trinajstić information content (AvgIpc) is 3.05. The molecule has 0 spiro atoms. The Balaban J connectivity index is 1.90. The quantitative estimate of drug-likeness (QED) is 0.902. The van der Waals surface area contributed by atoms with Gasteiger partial charge in [-0.2, -0.15) is 0 Å². The molecule has 2 heterocycles. The van der Waals surface area contributed by atoms with Gasteiger partial charge < -0.3 is 15.0 Å². The van der Waals surface area contributed by atoms with Gasteiger partial charge in [-0.1, -0.05) is 6.07 Å². The van der Waals surface area contributed by atoms with Gasteiger partial charge in [0.2, 0.25) is 0 Å². The van der Waals surface area contributed by atoms with Crippen LogP contribution in [0.3, 0.4) is 0 Å². The highest BCUT2D eigenvalue weighted by atomic mass is 16.3. The molecule has 2 aromatic rings. The fourth-order valence-electron chi connectivity index (χ4n) is 3.17. The molecule has 0 saturated carbocycles. The molecule has 1 aromatic carbocycles. The number of fused-ring (bicyclic) bond motifs is 1. The first-order valence-electron chi connectivity index (χ1n) is 7.22. The minimum absolute atomic E-state index is 0.0818. The van der Waals surface area contributed by atoms with Crippen LogP contribution < -0.4 is 0 Å². The maximum absolute atomic E-state index is 12.8. The number of carbonyl (C=O) groups is 1. The highest BCUT2D eigenvalue weighted by Crippen LogP contribution is 2.26. The molecule has 2 atom stereocenters. The Morgan fingerprint density at radius 1 is 1.50 bits per heavy atom. The van der Waals surface area contributed by atoms with Crippen LogP contribution in [0.2, 0.25) is 0 Å². The van der Waals surface area contributed by atoms with Gasteiger partial charge in [0.05, 0.1) is 6.10 Å². The van der Waals surface area contributed by atoms with Crippen molar-refractivity contribution >= 4 is 16.8 Å². The summed E-state index contributed by atoms with van der Waals surface area (Å²) >= 11 is 0. The summed E-state index contributed by atoms with van der Waals surface area (Å²) in [5, 5.41) is 10.6. The molecule has 0 bridgehead atoms. The smallest absolute Gasteiger partial charge is 0.254 e. The summed E-state index contributed by atoms with van der Waals surface area (Å²) in [6.07, 6.45) is 4.16. The summed E-state index contributed by atoms with van der Waals surface area (Å²) in [4.78, 5) is 17.8. The predicted octanol–water partition coefficient (Wildman–Crippen LogP) is 2.54. The Bertz CT molecular complexity index is 618. The third-order valence-corrected chi connectivity index (χ3v) is 4.08. The maximum atomic E-state index is 12.8. The van der Waals surface area contributed by atoms with Crippen LogP contribution in [-0.4, -0.2) is 39.6 Å². The molecule has 0 aliphatic carbocycles. The third-order valence-electron chi connectivity index (χ3n) is 4.08. The zero-order valence-electron chi connectivity index (χ0n) is 11.7. The molecule has 1 aromatic heterocycles. The van der Waals surface area contributed by atoms with Gasteiger partial charge in [0.15, 0.2) is 0 Å². The second-order valence-corrected chi connectivity index (χ2v) is 5.62. The van der Waals surface area contributed by atoms with E-state index in [1.54, 1.807) is 6.92 Å². The lowest BCUT2D eigenvalue weighted by Crippen LogP contribution is -2.37. The van der Waals surface area contributed by atoms with Crippen molar-refractivity contribution in [3.63, 3.8) is 0 Å². The second-order valence-electron chi connectivity index (χ2n) is 5.62. The van der Waals surface area contributed by atoms with Crippen LogP contribution >= 0.6 is 0 Å². The van der Waals surface area contributed by atoms with Crippen molar-refractivity contribution in [2.24, 2.45) is 0 Å². The number of aromatic amines is 1. The molecule has 0 radical (unpaired) electrons. The van der Waals surface area contributed by atoms with Gasteiger partial charge >= 0.3 is 0 Å². The van der Waals surface area contributed by atoms with Gasteiger partial charge in [-0.15, -0.1) is 0 Å². The van der Waals surface area contributed by atoms with Crippen LogP contribution in [-0.2, 0) is 0 Å². The number of hydrogen-bond donors (Lipinski definition) is 2. The van der Waals surface area contributed by atoms with Crippen LogP contribution in [0.5, 0.6) is 0 Å². The molecular formula is C16H20N2O2. The molecule has 1 saturated heterocycles. The number of aliphatic hydroxyl groups excluding tert-OH is 1. The molecule has 2 unspecified atom stereocenters. The summed E-state index contributed by atoms with van der Waals surface area (Å²) in [5.74, 6) is 0.0818. The lowest BCUT2D eigenvalue weighted by atomic mass is 10.1. The van der Waals surface area contributed by atoms with Crippen LogP contribution in [0, 0.1) is 0 Å². The molecule has 4 nitrogen and oxygen atoms in total. The van der Waals surface area contributed by atoms with Crippen LogP contribution in [0.25, 0.3) is 10.9 Å². The van der Waals surface area contributed by atoms with E-state index in [4.69, 9.17) is 0 Å². The molecule has 20 heavy (non-hydrogen) atoms. The van der Waals surface area contributed by atoms with Crippen molar-refractivity contribution in [1.29, 1.82) is 0 Å². The van der Waals surface area contributed by atoms with Gasteiger partial charge in [-0.05, 0) is 44.4 Å². The number of aliphatic hydroxyl groups is 1. The summed E-state index contributed by atoms with van der Waals surface area (Å²) in [7, 11) is 0. The molecule has 1 amide bonds. The molecule has 106 valence electrons. The van der Waals surface area contributed by atoms with E-state index < -0.39 is 0 Å². The zero-order valence-corrected chi connectivity index (χ0v) is 11.7. The minimum atomic E-state index is -0.364. The number of nitrogens with zero attached hydrogens (tertiary/aromatic N) is 1. The lowest BCUT2D eigenvalue weighted by Gasteiger charge is -2.26. The van der Waals surface area contributed by atoms with E-state index in [0.717, 1.165) is 35.9 Å². The Morgan fingerprint density at radius 3 is 3.15 bits per heavy atom. The summed E-state index contributed by atoms with van der Waals surface area (Å²) in [5.41, 5.74) is 1.74. The highest BCUT2D eigenvalue weighted by Gasteiger charge is 2.30. The predicted molar refractivity (Wildman–Crippen MR) is 78.7 cm³/mol. The zero-order chi connectivity index (χ0) is 14.1. The lowest BCUT2D eigenvalue weighted by molar-refractivity contribution is 0.0684. The van der Waals surface area contributed by atoms with Gasteiger partial charge in [0.1, 0.15) is 0 Å². The number of amides is 1. The van der Waals surface area contributed by atoms with Crippen molar-refractivity contribution in [3.05, 3.63) is 36.0 Å². The number of H-pyrrole nitrogens is 1. The first-order valence-corrected chi connectivity index (χ1v) is 7.22. The van der Waals surface area contributed by atoms with E-state index in [-0.39, 0.29) is 18.1 Å². The van der Waals surface area contributed by atoms with Crippen molar-refractivity contribution < 1.29 is 9.90 Å². The van der Waals surface area contributed by atoms with Gasteiger partial charge in [-0.25, -0.2) is 0 Å². The number of likely N-dealkylation sites (tertiary alicyclic amines) is 1. The normalized spacial score (nSPS) is 20.5. The van der Waals surface area contributed by atoms with Gasteiger partial charge in [0, 0.05) is 35.2 Å². The topological polar surface area (TPSA) is 56.3 Å².